The summed E-state index contributed by atoms with van der Waals surface area (Å²) in [6, 6.07) is 3.08. The number of benzene rings is 1. The molecule has 0 saturated heterocycles. The van der Waals surface area contributed by atoms with Gasteiger partial charge in [-0.1, -0.05) is 5.11 Å². The van der Waals surface area contributed by atoms with Crippen LogP contribution >= 0.6 is 0 Å². The minimum atomic E-state index is -2.40. The molecule has 1 aromatic rings. The first-order valence-electron chi connectivity index (χ1n) is 6.84. The van der Waals surface area contributed by atoms with Crippen LogP contribution in [0.15, 0.2) is 51.0 Å². The van der Waals surface area contributed by atoms with Crippen molar-refractivity contribution in [2.75, 3.05) is 20.0 Å². The number of hydrogen-bond donors (Lipinski definition) is 1. The minimum Gasteiger partial charge on any atom is -0.495 e. The molecule has 10 nitrogen and oxygen atoms in total. The summed E-state index contributed by atoms with van der Waals surface area (Å²) in [6.45, 7) is 0. The molecule has 0 unspecified atom stereocenters. The molecule has 1 aliphatic rings. The molecule has 0 aromatic heterocycles. The molecule has 2 rings (SSSR count). The average Bonchev–Trinajstić information content (AvgIpc) is 2.61. The van der Waals surface area contributed by atoms with E-state index in [0.717, 1.165) is 0 Å². The van der Waals surface area contributed by atoms with Gasteiger partial charge in [0.05, 0.1) is 30.5 Å². The topological polar surface area (TPSA) is 152 Å². The number of rotatable bonds is 5. The molecule has 1 aromatic carbocycles. The van der Waals surface area contributed by atoms with Crippen LogP contribution in [0.4, 0.5) is 11.4 Å². The zero-order chi connectivity index (χ0) is 18.4. The number of anilines is 1. The normalized spacial score (nSPS) is 13.8. The standard InChI is InChI=1S/C14H14N6O4S/c1-23-13-7-12(14(24-2)6-9(13)15)18-17-10-4-3-8(25(21)22)5-11(10)19-20-16/h3-4,6-7H,5,15H2,1-2H3. The van der Waals surface area contributed by atoms with Crippen LogP contribution in [-0.4, -0.2) is 27.5 Å². The van der Waals surface area contributed by atoms with E-state index in [9.17, 15) is 8.42 Å². The first kappa shape index (κ1) is 18.0. The highest BCUT2D eigenvalue weighted by atomic mass is 32.2. The van der Waals surface area contributed by atoms with Gasteiger partial charge in [-0.05, 0) is 17.7 Å². The second-order valence-electron chi connectivity index (χ2n) is 4.70. The number of nitrogen functional groups attached to an aromatic ring is 1. The van der Waals surface area contributed by atoms with Crippen molar-refractivity contribution in [1.29, 1.82) is 0 Å². The highest BCUT2D eigenvalue weighted by molar-refractivity contribution is 7.73. The van der Waals surface area contributed by atoms with Gasteiger partial charge in [-0.15, -0.1) is 5.11 Å². The van der Waals surface area contributed by atoms with E-state index in [1.807, 2.05) is 0 Å². The van der Waals surface area contributed by atoms with E-state index in [-0.39, 0.29) is 22.7 Å². The summed E-state index contributed by atoms with van der Waals surface area (Å²) in [5.74, 6) is 0.774. The van der Waals surface area contributed by atoms with Crippen molar-refractivity contribution in [3.8, 4) is 11.5 Å². The molecule has 0 amide bonds. The van der Waals surface area contributed by atoms with Gasteiger partial charge in [-0.25, -0.2) is 0 Å². The van der Waals surface area contributed by atoms with Gasteiger partial charge in [0, 0.05) is 29.2 Å². The number of ether oxygens (including phenoxy) is 2. The number of nitrogens with zero attached hydrogens (tertiary/aromatic N) is 5. The Balaban J connectivity index is 2.47. The summed E-state index contributed by atoms with van der Waals surface area (Å²) in [7, 11) is 0.515. The fourth-order valence-electron chi connectivity index (χ4n) is 2.02. The fraction of sp³-hybridized carbons (Fsp3) is 0.214. The maximum Gasteiger partial charge on any atom is 0.217 e. The summed E-state index contributed by atoms with van der Waals surface area (Å²) < 4.78 is 32.4. The van der Waals surface area contributed by atoms with Crippen molar-refractivity contribution < 1.29 is 17.9 Å². The Morgan fingerprint density at radius 2 is 1.88 bits per heavy atom. The van der Waals surface area contributed by atoms with E-state index in [4.69, 9.17) is 20.7 Å². The summed E-state index contributed by atoms with van der Waals surface area (Å²) in [5.41, 5.74) is 15.6. The van der Waals surface area contributed by atoms with Gasteiger partial charge in [0.25, 0.3) is 0 Å². The van der Waals surface area contributed by atoms with Crippen molar-refractivity contribution >= 4 is 26.5 Å². The van der Waals surface area contributed by atoms with E-state index >= 15 is 0 Å². The van der Waals surface area contributed by atoms with Gasteiger partial charge < -0.3 is 15.2 Å². The monoisotopic (exact) mass is 362 g/mol. The summed E-state index contributed by atoms with van der Waals surface area (Å²) in [4.78, 5) is 2.78. The maximum absolute atomic E-state index is 11.0. The molecule has 0 bridgehead atoms. The molecule has 0 heterocycles. The zero-order valence-corrected chi connectivity index (χ0v) is 14.2. The Bertz CT molecular complexity index is 963. The van der Waals surface area contributed by atoms with E-state index in [1.54, 1.807) is 12.1 Å². The van der Waals surface area contributed by atoms with Crippen LogP contribution < -0.4 is 15.2 Å². The molecule has 1 aliphatic carbocycles. The zero-order valence-electron chi connectivity index (χ0n) is 13.4. The van der Waals surface area contributed by atoms with Gasteiger partial charge in [0.1, 0.15) is 17.2 Å². The average molecular weight is 362 g/mol. The SMILES string of the molecule is COc1cc(N=NC2=C(N=[N+]=[N-])CC(=S(=O)=O)C=C2)c(OC)cc1N. The van der Waals surface area contributed by atoms with Crippen molar-refractivity contribution in [3.63, 3.8) is 0 Å². The summed E-state index contributed by atoms with van der Waals surface area (Å²) >= 11 is 0. The molecule has 2 N–H and O–H groups in total. The Labute approximate surface area is 144 Å². The number of azo groups is 1. The second kappa shape index (κ2) is 7.99. The van der Waals surface area contributed by atoms with Gasteiger partial charge >= 0.3 is 0 Å². The smallest absolute Gasteiger partial charge is 0.217 e. The highest BCUT2D eigenvalue weighted by Gasteiger charge is 2.13. The Morgan fingerprint density at radius 3 is 2.48 bits per heavy atom. The van der Waals surface area contributed by atoms with Crippen molar-refractivity contribution in [2.24, 2.45) is 15.3 Å². The van der Waals surface area contributed by atoms with Crippen molar-refractivity contribution in [2.45, 2.75) is 6.42 Å². The molecule has 11 heteroatoms. The van der Waals surface area contributed by atoms with Crippen LogP contribution in [-0.2, 0) is 10.3 Å². The molecule has 0 atom stereocenters. The molecule has 0 saturated carbocycles. The lowest BCUT2D eigenvalue weighted by atomic mass is 10.1. The van der Waals surface area contributed by atoms with Crippen LogP contribution in [0.2, 0.25) is 0 Å². The fourth-order valence-corrected chi connectivity index (χ4v) is 2.45. The molecule has 0 radical (unpaired) electrons. The van der Waals surface area contributed by atoms with Gasteiger partial charge in [0.2, 0.25) is 10.3 Å². The number of azide groups is 1. The lowest BCUT2D eigenvalue weighted by Crippen LogP contribution is -2.03. The molecule has 25 heavy (non-hydrogen) atoms. The lowest BCUT2D eigenvalue weighted by Gasteiger charge is -2.10. The van der Waals surface area contributed by atoms with Gasteiger partial charge in [-0.3, -0.25) is 0 Å². The Hall–Kier alpha value is -3.30. The van der Waals surface area contributed by atoms with Crippen LogP contribution in [0.1, 0.15) is 6.42 Å². The van der Waals surface area contributed by atoms with Crippen LogP contribution in [0.5, 0.6) is 11.5 Å². The third-order valence-electron chi connectivity index (χ3n) is 3.24. The molecule has 0 fully saturated rings. The van der Waals surface area contributed by atoms with Crippen LogP contribution in [0.3, 0.4) is 0 Å². The number of allylic oxidation sites excluding steroid dienone is 3. The predicted molar refractivity (Wildman–Crippen MR) is 92.3 cm³/mol. The first-order chi connectivity index (χ1) is 12.0. The van der Waals surface area contributed by atoms with Gasteiger partial charge in [-0.2, -0.15) is 13.5 Å². The predicted octanol–water partition coefficient (Wildman–Crippen LogP) is 2.90. The van der Waals surface area contributed by atoms with Crippen molar-refractivity contribution in [1.82, 2.24) is 0 Å². The van der Waals surface area contributed by atoms with E-state index in [0.29, 0.717) is 22.9 Å². The highest BCUT2D eigenvalue weighted by Crippen LogP contribution is 2.37. The number of methoxy groups -OCH3 is 2. The van der Waals surface area contributed by atoms with Crippen LogP contribution in [0.25, 0.3) is 10.4 Å². The second-order valence-corrected chi connectivity index (χ2v) is 5.69. The first-order valence-corrected chi connectivity index (χ1v) is 7.92. The largest absolute Gasteiger partial charge is 0.495 e. The summed E-state index contributed by atoms with van der Waals surface area (Å²) in [5, 5.41) is 11.6. The van der Waals surface area contributed by atoms with E-state index in [1.165, 1.54) is 26.4 Å². The molecule has 0 aliphatic heterocycles. The third kappa shape index (κ3) is 4.16. The molecule has 0 spiro atoms. The van der Waals surface area contributed by atoms with E-state index < -0.39 is 10.3 Å². The lowest BCUT2D eigenvalue weighted by molar-refractivity contribution is 0.406. The molecular formula is C14H14N6O4S. The Morgan fingerprint density at radius 1 is 1.16 bits per heavy atom. The molecule has 130 valence electrons. The number of nitrogens with two attached hydrogens (primary N) is 1. The van der Waals surface area contributed by atoms with Crippen molar-refractivity contribution in [3.05, 3.63) is 46.1 Å². The number of hydrogen-bond acceptors (Lipinski definition) is 8. The Kier molecular flexibility index (Phi) is 5.77. The third-order valence-corrected chi connectivity index (χ3v) is 3.95. The minimum absolute atomic E-state index is 0.0623. The molecular weight excluding hydrogens is 348 g/mol. The van der Waals surface area contributed by atoms with E-state index in [2.05, 4.69) is 20.3 Å². The quantitative estimate of drug-likeness (QED) is 0.280. The summed E-state index contributed by atoms with van der Waals surface area (Å²) in [6.07, 6.45) is 2.71. The van der Waals surface area contributed by atoms with Crippen LogP contribution in [0, 0.1) is 0 Å². The van der Waals surface area contributed by atoms with Gasteiger partial charge in [0.15, 0.2) is 0 Å². The maximum atomic E-state index is 11.0.